The van der Waals surface area contributed by atoms with Crippen molar-refractivity contribution in [2.45, 2.75) is 38.1 Å². The zero-order valence-corrected chi connectivity index (χ0v) is 15.6. The van der Waals surface area contributed by atoms with Gasteiger partial charge in [-0.2, -0.15) is 0 Å². The number of piperidine rings is 1. The monoisotopic (exact) mass is 368 g/mol. The Kier molecular flexibility index (Phi) is 5.07. The number of hydrogen-bond donors (Lipinski definition) is 1. The number of rotatable bonds is 3. The van der Waals surface area contributed by atoms with Gasteiger partial charge >= 0.3 is 0 Å². The summed E-state index contributed by atoms with van der Waals surface area (Å²) < 4.78 is 0. The Morgan fingerprint density at radius 3 is 2.62 bits per heavy atom. The summed E-state index contributed by atoms with van der Waals surface area (Å²) in [6, 6.07) is 12.3. The zero-order chi connectivity index (χ0) is 17.9. The molecule has 4 nitrogen and oxygen atoms in total. The van der Waals surface area contributed by atoms with E-state index in [1.54, 1.807) is 0 Å². The smallest absolute Gasteiger partial charge is 0.263 e. The quantitative estimate of drug-likeness (QED) is 0.896. The lowest BCUT2D eigenvalue weighted by atomic mass is 9.87. The first kappa shape index (κ1) is 17.3. The van der Waals surface area contributed by atoms with Crippen LogP contribution in [0, 0.1) is 5.92 Å². The van der Waals surface area contributed by atoms with Crippen molar-refractivity contribution < 1.29 is 9.59 Å². The molecule has 1 aliphatic heterocycles. The highest BCUT2D eigenvalue weighted by molar-refractivity contribution is 7.12. The van der Waals surface area contributed by atoms with E-state index in [-0.39, 0.29) is 23.8 Å². The topological polar surface area (TPSA) is 49.4 Å². The van der Waals surface area contributed by atoms with E-state index < -0.39 is 0 Å². The van der Waals surface area contributed by atoms with Crippen molar-refractivity contribution in [2.75, 3.05) is 13.1 Å². The zero-order valence-electron chi connectivity index (χ0n) is 14.8. The highest BCUT2D eigenvalue weighted by Gasteiger charge is 2.30. The van der Waals surface area contributed by atoms with Crippen molar-refractivity contribution >= 4 is 23.2 Å². The molecule has 0 saturated carbocycles. The fraction of sp³-hybridized carbons (Fsp3) is 0.429. The molecule has 2 heterocycles. The third kappa shape index (κ3) is 3.54. The summed E-state index contributed by atoms with van der Waals surface area (Å²) in [4.78, 5) is 27.9. The molecule has 0 radical (unpaired) electrons. The molecule has 1 fully saturated rings. The SMILES string of the molecule is O=C(N[C@@H]1CCCc2ccccc21)C1CCN(C(=O)c2cccs2)CC1. The molecule has 1 aliphatic carbocycles. The van der Waals surface area contributed by atoms with Crippen LogP contribution in [0.3, 0.4) is 0 Å². The van der Waals surface area contributed by atoms with Crippen LogP contribution in [-0.4, -0.2) is 29.8 Å². The average Bonchev–Trinajstić information content (AvgIpc) is 3.23. The number of aryl methyl sites for hydroxylation is 1. The van der Waals surface area contributed by atoms with Gasteiger partial charge in [0.05, 0.1) is 10.9 Å². The minimum atomic E-state index is 0.0106. The van der Waals surface area contributed by atoms with Crippen molar-refractivity contribution in [1.29, 1.82) is 0 Å². The number of amides is 2. The van der Waals surface area contributed by atoms with E-state index in [1.807, 2.05) is 22.4 Å². The Morgan fingerprint density at radius 1 is 1.04 bits per heavy atom. The molecule has 1 saturated heterocycles. The minimum Gasteiger partial charge on any atom is -0.349 e. The van der Waals surface area contributed by atoms with E-state index in [9.17, 15) is 9.59 Å². The minimum absolute atomic E-state index is 0.0106. The van der Waals surface area contributed by atoms with Crippen LogP contribution in [-0.2, 0) is 11.2 Å². The Labute approximate surface area is 158 Å². The second-order valence-electron chi connectivity index (χ2n) is 7.20. The van der Waals surface area contributed by atoms with Crippen molar-refractivity contribution in [2.24, 2.45) is 5.92 Å². The molecule has 136 valence electrons. The summed E-state index contributed by atoms with van der Waals surface area (Å²) in [5, 5.41) is 5.20. The van der Waals surface area contributed by atoms with E-state index in [0.29, 0.717) is 13.1 Å². The van der Waals surface area contributed by atoms with Crippen LogP contribution < -0.4 is 5.32 Å². The van der Waals surface area contributed by atoms with Crippen LogP contribution >= 0.6 is 11.3 Å². The molecule has 1 aromatic carbocycles. The van der Waals surface area contributed by atoms with Gasteiger partial charge in [0.15, 0.2) is 0 Å². The third-order valence-electron chi connectivity index (χ3n) is 5.57. The van der Waals surface area contributed by atoms with Crippen LogP contribution in [0.5, 0.6) is 0 Å². The Bertz CT molecular complexity index is 779. The molecular formula is C21H24N2O2S. The maximum atomic E-state index is 12.8. The van der Waals surface area contributed by atoms with Gasteiger partial charge in [0, 0.05) is 19.0 Å². The van der Waals surface area contributed by atoms with Crippen molar-refractivity contribution in [1.82, 2.24) is 10.2 Å². The molecule has 1 N–H and O–H groups in total. The lowest BCUT2D eigenvalue weighted by Crippen LogP contribution is -2.43. The van der Waals surface area contributed by atoms with Gasteiger partial charge in [0.2, 0.25) is 5.91 Å². The molecule has 0 bridgehead atoms. The summed E-state index contributed by atoms with van der Waals surface area (Å²) >= 11 is 1.48. The molecule has 5 heteroatoms. The van der Waals surface area contributed by atoms with Crippen LogP contribution in [0.15, 0.2) is 41.8 Å². The lowest BCUT2D eigenvalue weighted by molar-refractivity contribution is -0.127. The fourth-order valence-electron chi connectivity index (χ4n) is 4.09. The first-order valence-electron chi connectivity index (χ1n) is 9.43. The first-order chi connectivity index (χ1) is 12.7. The van der Waals surface area contributed by atoms with Gasteiger partial charge in [-0.15, -0.1) is 11.3 Å². The summed E-state index contributed by atoms with van der Waals surface area (Å²) in [6.07, 6.45) is 4.73. The summed E-state index contributed by atoms with van der Waals surface area (Å²) in [7, 11) is 0. The highest BCUT2D eigenvalue weighted by Crippen LogP contribution is 2.30. The summed E-state index contributed by atoms with van der Waals surface area (Å²) in [6.45, 7) is 1.33. The third-order valence-corrected chi connectivity index (χ3v) is 6.43. The second-order valence-corrected chi connectivity index (χ2v) is 8.14. The van der Waals surface area contributed by atoms with E-state index in [0.717, 1.165) is 37.0 Å². The number of nitrogens with one attached hydrogen (secondary N) is 1. The lowest BCUT2D eigenvalue weighted by Gasteiger charge is -2.33. The van der Waals surface area contributed by atoms with Crippen molar-refractivity contribution in [3.8, 4) is 0 Å². The van der Waals surface area contributed by atoms with Gasteiger partial charge in [0.1, 0.15) is 0 Å². The van der Waals surface area contributed by atoms with E-state index >= 15 is 0 Å². The van der Waals surface area contributed by atoms with Crippen molar-refractivity contribution in [3.05, 3.63) is 57.8 Å². The van der Waals surface area contributed by atoms with Crippen LogP contribution in [0.2, 0.25) is 0 Å². The van der Waals surface area contributed by atoms with Gasteiger partial charge < -0.3 is 10.2 Å². The van der Waals surface area contributed by atoms with E-state index in [4.69, 9.17) is 0 Å². The van der Waals surface area contributed by atoms with Gasteiger partial charge in [-0.05, 0) is 54.7 Å². The number of carbonyl (C=O) groups is 2. The largest absolute Gasteiger partial charge is 0.349 e. The number of carbonyl (C=O) groups excluding carboxylic acids is 2. The molecule has 1 aromatic heterocycles. The number of fused-ring (bicyclic) bond motifs is 1. The summed E-state index contributed by atoms with van der Waals surface area (Å²) in [5.41, 5.74) is 2.64. The highest BCUT2D eigenvalue weighted by atomic mass is 32.1. The molecular weight excluding hydrogens is 344 g/mol. The van der Waals surface area contributed by atoms with E-state index in [1.165, 1.54) is 22.5 Å². The van der Waals surface area contributed by atoms with E-state index in [2.05, 4.69) is 29.6 Å². The number of benzene rings is 1. The predicted octanol–water partition coefficient (Wildman–Crippen LogP) is 3.79. The Balaban J connectivity index is 1.34. The standard InChI is InChI=1S/C21H24N2O2S/c24-20(22-18-8-3-6-15-5-1-2-7-17(15)18)16-10-12-23(13-11-16)21(25)19-9-4-14-26-19/h1-2,4-5,7,9,14,16,18H,3,6,8,10-13H2,(H,22,24)/t18-/m1/s1. The first-order valence-corrected chi connectivity index (χ1v) is 10.3. The molecule has 2 aliphatic rings. The molecule has 0 unspecified atom stereocenters. The number of thiophene rings is 1. The molecule has 4 rings (SSSR count). The predicted molar refractivity (Wildman–Crippen MR) is 103 cm³/mol. The Hall–Kier alpha value is -2.14. The van der Waals surface area contributed by atoms with Crippen molar-refractivity contribution in [3.63, 3.8) is 0 Å². The number of likely N-dealkylation sites (tertiary alicyclic amines) is 1. The van der Waals surface area contributed by atoms with Gasteiger partial charge in [0.25, 0.3) is 5.91 Å². The number of hydrogen-bond acceptors (Lipinski definition) is 3. The maximum Gasteiger partial charge on any atom is 0.263 e. The van der Waals surface area contributed by atoms with Crippen LogP contribution in [0.25, 0.3) is 0 Å². The molecule has 0 spiro atoms. The molecule has 26 heavy (non-hydrogen) atoms. The van der Waals surface area contributed by atoms with Crippen LogP contribution in [0.4, 0.5) is 0 Å². The molecule has 2 aromatic rings. The van der Waals surface area contributed by atoms with Gasteiger partial charge in [-0.1, -0.05) is 30.3 Å². The Morgan fingerprint density at radius 2 is 1.85 bits per heavy atom. The number of nitrogens with zero attached hydrogens (tertiary/aromatic N) is 1. The summed E-state index contributed by atoms with van der Waals surface area (Å²) in [5.74, 6) is 0.256. The van der Waals surface area contributed by atoms with Gasteiger partial charge in [-0.3, -0.25) is 9.59 Å². The fourth-order valence-corrected chi connectivity index (χ4v) is 4.79. The van der Waals surface area contributed by atoms with Crippen LogP contribution in [0.1, 0.15) is 52.5 Å². The maximum absolute atomic E-state index is 12.8. The van der Waals surface area contributed by atoms with Gasteiger partial charge in [-0.25, -0.2) is 0 Å². The molecule has 1 atom stereocenters. The average molecular weight is 369 g/mol. The normalized spacial score (nSPS) is 20.5. The second kappa shape index (κ2) is 7.62. The molecule has 2 amide bonds.